The minimum atomic E-state index is 0.102. The molecule has 3 N–H and O–H groups in total. The van der Waals surface area contributed by atoms with Gasteiger partial charge < -0.3 is 10.1 Å². The zero-order chi connectivity index (χ0) is 11.1. The van der Waals surface area contributed by atoms with E-state index in [1.165, 1.54) is 19.3 Å². The van der Waals surface area contributed by atoms with Crippen LogP contribution >= 0.6 is 0 Å². The second-order valence-corrected chi connectivity index (χ2v) is 4.34. The number of nitrogen functional groups attached to an aromatic ring is 1. The zero-order valence-corrected chi connectivity index (χ0v) is 8.98. The van der Waals surface area contributed by atoms with Crippen molar-refractivity contribution in [2.24, 2.45) is 5.73 Å². The number of imidazole rings is 1. The maximum Gasteiger partial charge on any atom is 0.124 e. The quantitative estimate of drug-likeness (QED) is 0.592. The van der Waals surface area contributed by atoms with Crippen LogP contribution in [0, 0.1) is 5.41 Å². The molecule has 0 radical (unpaired) electrons. The Hall–Kier alpha value is -1.84. The van der Waals surface area contributed by atoms with Crippen LogP contribution in [-0.4, -0.2) is 15.2 Å². The number of pyridine rings is 1. The fourth-order valence-corrected chi connectivity index (χ4v) is 2.24. The van der Waals surface area contributed by atoms with E-state index in [0.717, 1.165) is 16.9 Å². The Morgan fingerprint density at radius 2 is 2.31 bits per heavy atom. The molecule has 0 spiro atoms. The average molecular weight is 214 g/mol. The van der Waals surface area contributed by atoms with Crippen molar-refractivity contribution >= 4 is 11.4 Å². The van der Waals surface area contributed by atoms with Crippen molar-refractivity contribution < 1.29 is 0 Å². The molecule has 0 aromatic carbocycles. The standard InChI is InChI=1S/C12H14N4/c13-11(14)9-5-2-6-16-10(9)7-15-12(16)8-3-1-4-8/h2,5-8H,1,3-4H2,(H3,13,14). The van der Waals surface area contributed by atoms with E-state index in [1.807, 2.05) is 24.5 Å². The first kappa shape index (κ1) is 9.39. The van der Waals surface area contributed by atoms with Gasteiger partial charge in [-0.2, -0.15) is 0 Å². The molecule has 0 amide bonds. The summed E-state index contributed by atoms with van der Waals surface area (Å²) in [6.45, 7) is 0. The first-order valence-corrected chi connectivity index (χ1v) is 5.58. The van der Waals surface area contributed by atoms with Crippen molar-refractivity contribution in [1.29, 1.82) is 5.41 Å². The van der Waals surface area contributed by atoms with Gasteiger partial charge >= 0.3 is 0 Å². The molecule has 2 aromatic rings. The predicted octanol–water partition coefficient (Wildman–Crippen LogP) is 1.89. The predicted molar refractivity (Wildman–Crippen MR) is 62.8 cm³/mol. The molecule has 82 valence electrons. The van der Waals surface area contributed by atoms with Crippen LogP contribution in [0.1, 0.15) is 36.6 Å². The normalized spacial score (nSPS) is 16.2. The summed E-state index contributed by atoms with van der Waals surface area (Å²) in [6, 6.07) is 3.79. The van der Waals surface area contributed by atoms with Crippen molar-refractivity contribution in [1.82, 2.24) is 9.38 Å². The number of fused-ring (bicyclic) bond motifs is 1. The Labute approximate surface area is 93.6 Å². The van der Waals surface area contributed by atoms with E-state index in [0.29, 0.717) is 5.92 Å². The number of nitrogens with one attached hydrogen (secondary N) is 1. The summed E-state index contributed by atoms with van der Waals surface area (Å²) in [5, 5.41) is 7.53. The van der Waals surface area contributed by atoms with E-state index in [2.05, 4.69) is 9.38 Å². The van der Waals surface area contributed by atoms with E-state index >= 15 is 0 Å². The molecule has 0 bridgehead atoms. The first-order chi connectivity index (χ1) is 7.77. The smallest absolute Gasteiger partial charge is 0.124 e. The van der Waals surface area contributed by atoms with Gasteiger partial charge in [0.05, 0.1) is 11.7 Å². The Kier molecular flexibility index (Phi) is 1.96. The van der Waals surface area contributed by atoms with Crippen LogP contribution in [0.4, 0.5) is 0 Å². The molecule has 4 heteroatoms. The number of nitrogens with zero attached hydrogens (tertiary/aromatic N) is 2. The van der Waals surface area contributed by atoms with E-state index in [1.54, 1.807) is 0 Å². The molecule has 16 heavy (non-hydrogen) atoms. The van der Waals surface area contributed by atoms with E-state index in [9.17, 15) is 0 Å². The van der Waals surface area contributed by atoms with Crippen LogP contribution < -0.4 is 5.73 Å². The van der Waals surface area contributed by atoms with Crippen LogP contribution in [0.5, 0.6) is 0 Å². The van der Waals surface area contributed by atoms with Gasteiger partial charge in [-0.15, -0.1) is 0 Å². The molecule has 4 nitrogen and oxygen atoms in total. The SMILES string of the molecule is N=C(N)c1cccn2c(C3CCC3)ncc12. The third-order valence-corrected chi connectivity index (χ3v) is 3.36. The number of amidine groups is 1. The molecule has 1 aliphatic carbocycles. The van der Waals surface area contributed by atoms with Gasteiger partial charge in [-0.3, -0.25) is 5.41 Å². The fourth-order valence-electron chi connectivity index (χ4n) is 2.24. The highest BCUT2D eigenvalue weighted by Crippen LogP contribution is 2.35. The van der Waals surface area contributed by atoms with Gasteiger partial charge in [0.25, 0.3) is 0 Å². The third-order valence-electron chi connectivity index (χ3n) is 3.36. The minimum Gasteiger partial charge on any atom is -0.384 e. The average Bonchev–Trinajstić information content (AvgIpc) is 2.59. The largest absolute Gasteiger partial charge is 0.384 e. The van der Waals surface area contributed by atoms with Crippen LogP contribution in [0.3, 0.4) is 0 Å². The van der Waals surface area contributed by atoms with Crippen LogP contribution in [0.2, 0.25) is 0 Å². The van der Waals surface area contributed by atoms with Gasteiger partial charge in [0.2, 0.25) is 0 Å². The molecular formula is C12H14N4. The molecule has 1 aliphatic rings. The first-order valence-electron chi connectivity index (χ1n) is 5.58. The van der Waals surface area contributed by atoms with Crippen molar-refractivity contribution in [3.63, 3.8) is 0 Å². The molecule has 2 heterocycles. The number of hydrogen-bond acceptors (Lipinski definition) is 2. The molecule has 3 rings (SSSR count). The van der Waals surface area contributed by atoms with Crippen molar-refractivity contribution in [2.45, 2.75) is 25.2 Å². The summed E-state index contributed by atoms with van der Waals surface area (Å²) in [6.07, 6.45) is 7.58. The lowest BCUT2D eigenvalue weighted by Crippen LogP contribution is -2.14. The lowest BCUT2D eigenvalue weighted by Gasteiger charge is -2.24. The Bertz CT molecular complexity index is 551. The highest BCUT2D eigenvalue weighted by Gasteiger charge is 2.24. The summed E-state index contributed by atoms with van der Waals surface area (Å²) >= 11 is 0. The minimum absolute atomic E-state index is 0.102. The van der Waals surface area contributed by atoms with E-state index in [-0.39, 0.29) is 5.84 Å². The van der Waals surface area contributed by atoms with Gasteiger partial charge in [-0.25, -0.2) is 4.98 Å². The van der Waals surface area contributed by atoms with Crippen molar-refractivity contribution in [3.05, 3.63) is 35.9 Å². The fraction of sp³-hybridized carbons (Fsp3) is 0.333. The molecule has 0 atom stereocenters. The molecule has 0 unspecified atom stereocenters. The van der Waals surface area contributed by atoms with E-state index in [4.69, 9.17) is 11.1 Å². The number of rotatable bonds is 2. The van der Waals surface area contributed by atoms with E-state index < -0.39 is 0 Å². The topological polar surface area (TPSA) is 67.2 Å². The van der Waals surface area contributed by atoms with Crippen LogP contribution in [0.25, 0.3) is 5.52 Å². The molecule has 1 saturated carbocycles. The summed E-state index contributed by atoms with van der Waals surface area (Å²) in [5.41, 5.74) is 7.26. The maximum atomic E-state index is 7.53. The van der Waals surface area contributed by atoms with Gasteiger partial charge in [0.15, 0.2) is 0 Å². The summed E-state index contributed by atoms with van der Waals surface area (Å²) in [5.74, 6) is 1.81. The number of aromatic nitrogens is 2. The second kappa shape index (κ2) is 3.33. The summed E-state index contributed by atoms with van der Waals surface area (Å²) in [7, 11) is 0. The van der Waals surface area contributed by atoms with Crippen molar-refractivity contribution in [3.8, 4) is 0 Å². The second-order valence-electron chi connectivity index (χ2n) is 4.34. The maximum absolute atomic E-state index is 7.53. The Balaban J connectivity index is 2.19. The highest BCUT2D eigenvalue weighted by molar-refractivity contribution is 6.01. The lowest BCUT2D eigenvalue weighted by molar-refractivity contribution is 0.400. The summed E-state index contributed by atoms with van der Waals surface area (Å²) < 4.78 is 2.07. The molecular weight excluding hydrogens is 200 g/mol. The zero-order valence-electron chi connectivity index (χ0n) is 8.98. The van der Waals surface area contributed by atoms with Gasteiger partial charge in [-0.05, 0) is 25.0 Å². The highest BCUT2D eigenvalue weighted by atomic mass is 15.0. The third kappa shape index (κ3) is 1.23. The molecule has 2 aromatic heterocycles. The Morgan fingerprint density at radius 1 is 1.50 bits per heavy atom. The Morgan fingerprint density at radius 3 is 2.94 bits per heavy atom. The van der Waals surface area contributed by atoms with Gasteiger partial charge in [0, 0.05) is 17.7 Å². The van der Waals surface area contributed by atoms with Gasteiger partial charge in [-0.1, -0.05) is 6.42 Å². The number of hydrogen-bond donors (Lipinski definition) is 2. The van der Waals surface area contributed by atoms with Crippen LogP contribution in [-0.2, 0) is 0 Å². The lowest BCUT2D eigenvalue weighted by atomic mass is 9.85. The summed E-state index contributed by atoms with van der Waals surface area (Å²) in [4.78, 5) is 4.47. The van der Waals surface area contributed by atoms with Gasteiger partial charge in [0.1, 0.15) is 11.7 Å². The van der Waals surface area contributed by atoms with Crippen molar-refractivity contribution in [2.75, 3.05) is 0 Å². The number of nitrogens with two attached hydrogens (primary N) is 1. The molecule has 1 fully saturated rings. The van der Waals surface area contributed by atoms with Crippen LogP contribution in [0.15, 0.2) is 24.5 Å². The molecule has 0 aliphatic heterocycles. The monoisotopic (exact) mass is 214 g/mol. The molecule has 0 saturated heterocycles.